The molecule has 6 heteroatoms. The number of rotatable bonds is 5. The minimum absolute atomic E-state index is 0.00347. The number of carbonyl (C=O) groups excluding carboxylic acids is 2. The third-order valence-electron chi connectivity index (χ3n) is 4.94. The molecule has 1 fully saturated rings. The van der Waals surface area contributed by atoms with E-state index in [4.69, 9.17) is 4.74 Å². The van der Waals surface area contributed by atoms with Gasteiger partial charge in [0.15, 0.2) is 0 Å². The van der Waals surface area contributed by atoms with Gasteiger partial charge in [0.1, 0.15) is 12.4 Å². The number of carbonyl (C=O) groups is 2. The summed E-state index contributed by atoms with van der Waals surface area (Å²) in [5, 5.41) is 1.90. The first kappa shape index (κ1) is 19.2. The summed E-state index contributed by atoms with van der Waals surface area (Å²) in [6, 6.07) is 20.9. The van der Waals surface area contributed by atoms with Crippen molar-refractivity contribution in [3.05, 3.63) is 88.1 Å². The van der Waals surface area contributed by atoms with Crippen LogP contribution in [0.5, 0.6) is 5.75 Å². The number of piperazine rings is 1. The van der Waals surface area contributed by atoms with Crippen molar-refractivity contribution >= 4 is 23.2 Å². The van der Waals surface area contributed by atoms with Crippen LogP contribution in [0.2, 0.25) is 0 Å². The molecule has 1 aromatic heterocycles. The summed E-state index contributed by atoms with van der Waals surface area (Å²) < 4.78 is 5.74. The van der Waals surface area contributed by atoms with Gasteiger partial charge in [-0.15, -0.1) is 11.3 Å². The van der Waals surface area contributed by atoms with Crippen LogP contribution in [0.1, 0.15) is 25.6 Å². The van der Waals surface area contributed by atoms with Crippen LogP contribution in [0, 0.1) is 0 Å². The van der Waals surface area contributed by atoms with Crippen molar-refractivity contribution in [2.24, 2.45) is 0 Å². The van der Waals surface area contributed by atoms with Crippen molar-refractivity contribution in [3.63, 3.8) is 0 Å². The minimum Gasteiger partial charge on any atom is -0.489 e. The minimum atomic E-state index is 0.00347. The Labute approximate surface area is 174 Å². The van der Waals surface area contributed by atoms with Crippen LogP contribution in [0.15, 0.2) is 72.1 Å². The number of thiophene rings is 1. The van der Waals surface area contributed by atoms with Gasteiger partial charge in [0.2, 0.25) is 0 Å². The van der Waals surface area contributed by atoms with Gasteiger partial charge in [-0.25, -0.2) is 0 Å². The fraction of sp³-hybridized carbons (Fsp3) is 0.217. The highest BCUT2D eigenvalue weighted by molar-refractivity contribution is 7.12. The number of para-hydroxylation sites is 1. The maximum Gasteiger partial charge on any atom is 0.264 e. The molecule has 1 aliphatic rings. The molecule has 1 saturated heterocycles. The normalized spacial score (nSPS) is 13.9. The largest absolute Gasteiger partial charge is 0.489 e. The van der Waals surface area contributed by atoms with Crippen LogP contribution in [0.3, 0.4) is 0 Å². The molecule has 0 spiro atoms. The zero-order valence-electron chi connectivity index (χ0n) is 16.0. The molecule has 0 bridgehead atoms. The van der Waals surface area contributed by atoms with Crippen LogP contribution < -0.4 is 4.74 Å². The predicted molar refractivity (Wildman–Crippen MR) is 113 cm³/mol. The summed E-state index contributed by atoms with van der Waals surface area (Å²) in [5.41, 5.74) is 1.67. The number of benzene rings is 2. The summed E-state index contributed by atoms with van der Waals surface area (Å²) >= 11 is 1.45. The third kappa shape index (κ3) is 4.66. The molecular formula is C23H22N2O3S. The number of ether oxygens (including phenoxy) is 1. The summed E-state index contributed by atoms with van der Waals surface area (Å²) in [7, 11) is 0. The van der Waals surface area contributed by atoms with Crippen molar-refractivity contribution in [3.8, 4) is 5.75 Å². The van der Waals surface area contributed by atoms with E-state index in [-0.39, 0.29) is 11.8 Å². The molecule has 1 aliphatic heterocycles. The molecule has 0 unspecified atom stereocenters. The van der Waals surface area contributed by atoms with Gasteiger partial charge >= 0.3 is 0 Å². The lowest BCUT2D eigenvalue weighted by Crippen LogP contribution is -2.50. The summed E-state index contributed by atoms with van der Waals surface area (Å²) in [4.78, 5) is 29.6. The van der Waals surface area contributed by atoms with Crippen molar-refractivity contribution in [1.82, 2.24) is 9.80 Å². The van der Waals surface area contributed by atoms with Crippen LogP contribution in [0.25, 0.3) is 0 Å². The Bertz CT molecular complexity index is 948. The molecule has 2 heterocycles. The highest BCUT2D eigenvalue weighted by Crippen LogP contribution is 2.16. The van der Waals surface area contributed by atoms with E-state index in [0.29, 0.717) is 38.3 Å². The molecule has 4 rings (SSSR count). The molecule has 2 amide bonds. The van der Waals surface area contributed by atoms with E-state index in [0.717, 1.165) is 16.2 Å². The second kappa shape index (κ2) is 8.92. The Hall–Kier alpha value is -3.12. The smallest absolute Gasteiger partial charge is 0.264 e. The predicted octanol–water partition coefficient (Wildman–Crippen LogP) is 3.93. The van der Waals surface area contributed by atoms with Crippen molar-refractivity contribution in [1.29, 1.82) is 0 Å². The van der Waals surface area contributed by atoms with Gasteiger partial charge in [0.05, 0.1) is 4.88 Å². The van der Waals surface area contributed by atoms with E-state index in [1.807, 2.05) is 81.9 Å². The van der Waals surface area contributed by atoms with Gasteiger partial charge < -0.3 is 14.5 Å². The average Bonchev–Trinajstić information content (AvgIpc) is 3.33. The van der Waals surface area contributed by atoms with E-state index in [1.165, 1.54) is 11.3 Å². The van der Waals surface area contributed by atoms with Gasteiger partial charge in [-0.3, -0.25) is 9.59 Å². The van der Waals surface area contributed by atoms with Gasteiger partial charge in [0.25, 0.3) is 11.8 Å². The first-order valence-electron chi connectivity index (χ1n) is 9.59. The fourth-order valence-corrected chi connectivity index (χ4v) is 3.97. The standard InChI is InChI=1S/C23H22N2O3S/c26-22(24-12-14-25(15-13-24)23(27)21-7-4-16-29-21)19-10-8-18(9-11-19)17-28-20-5-2-1-3-6-20/h1-11,16H,12-15,17H2. The zero-order valence-corrected chi connectivity index (χ0v) is 16.8. The zero-order chi connectivity index (χ0) is 20.1. The lowest BCUT2D eigenvalue weighted by atomic mass is 10.1. The molecule has 3 aromatic rings. The number of hydrogen-bond acceptors (Lipinski definition) is 4. The van der Waals surface area contributed by atoms with Crippen molar-refractivity contribution in [2.45, 2.75) is 6.61 Å². The second-order valence-electron chi connectivity index (χ2n) is 6.86. The summed E-state index contributed by atoms with van der Waals surface area (Å²) in [6.07, 6.45) is 0. The van der Waals surface area contributed by atoms with Crippen molar-refractivity contribution in [2.75, 3.05) is 26.2 Å². The van der Waals surface area contributed by atoms with Crippen LogP contribution >= 0.6 is 11.3 Å². The third-order valence-corrected chi connectivity index (χ3v) is 5.79. The molecule has 2 aromatic carbocycles. The Morgan fingerprint density at radius 2 is 1.45 bits per heavy atom. The Morgan fingerprint density at radius 3 is 2.07 bits per heavy atom. The first-order chi connectivity index (χ1) is 14.2. The Balaban J connectivity index is 1.30. The van der Waals surface area contributed by atoms with Gasteiger partial charge in [-0.1, -0.05) is 36.4 Å². The van der Waals surface area contributed by atoms with Crippen molar-refractivity contribution < 1.29 is 14.3 Å². The maximum absolute atomic E-state index is 12.8. The molecule has 0 aliphatic carbocycles. The molecular weight excluding hydrogens is 384 g/mol. The molecule has 0 atom stereocenters. The van der Waals surface area contributed by atoms with E-state index in [1.54, 1.807) is 0 Å². The SMILES string of the molecule is O=C(c1ccc(COc2ccccc2)cc1)N1CCN(C(=O)c2cccs2)CC1. The number of nitrogens with zero attached hydrogens (tertiary/aromatic N) is 2. The van der Waals surface area contributed by atoms with E-state index < -0.39 is 0 Å². The summed E-state index contributed by atoms with van der Waals surface area (Å²) in [5.74, 6) is 0.876. The molecule has 0 N–H and O–H groups in total. The number of hydrogen-bond donors (Lipinski definition) is 0. The highest BCUT2D eigenvalue weighted by atomic mass is 32.1. The summed E-state index contributed by atoms with van der Waals surface area (Å²) in [6.45, 7) is 2.68. The first-order valence-corrected chi connectivity index (χ1v) is 10.5. The topological polar surface area (TPSA) is 49.9 Å². The van der Waals surface area contributed by atoms with E-state index in [9.17, 15) is 9.59 Å². The van der Waals surface area contributed by atoms with Crippen LogP contribution in [-0.4, -0.2) is 47.8 Å². The second-order valence-corrected chi connectivity index (χ2v) is 7.81. The molecule has 0 radical (unpaired) electrons. The van der Waals surface area contributed by atoms with E-state index >= 15 is 0 Å². The average molecular weight is 407 g/mol. The molecule has 148 valence electrons. The van der Waals surface area contributed by atoms with Crippen LogP contribution in [-0.2, 0) is 6.61 Å². The monoisotopic (exact) mass is 406 g/mol. The lowest BCUT2D eigenvalue weighted by Gasteiger charge is -2.34. The number of amides is 2. The Morgan fingerprint density at radius 1 is 0.793 bits per heavy atom. The maximum atomic E-state index is 12.8. The van der Waals surface area contributed by atoms with Gasteiger partial charge in [-0.05, 0) is 41.3 Å². The molecule has 5 nitrogen and oxygen atoms in total. The highest BCUT2D eigenvalue weighted by Gasteiger charge is 2.25. The Kier molecular flexibility index (Phi) is 5.91. The molecule has 29 heavy (non-hydrogen) atoms. The van der Waals surface area contributed by atoms with Crippen LogP contribution in [0.4, 0.5) is 0 Å². The lowest BCUT2D eigenvalue weighted by molar-refractivity contribution is 0.0538. The van der Waals surface area contributed by atoms with Gasteiger partial charge in [0, 0.05) is 31.7 Å². The fourth-order valence-electron chi connectivity index (χ4n) is 3.28. The van der Waals surface area contributed by atoms with E-state index in [2.05, 4.69) is 0 Å². The molecule has 0 saturated carbocycles. The van der Waals surface area contributed by atoms with Gasteiger partial charge in [-0.2, -0.15) is 0 Å². The quantitative estimate of drug-likeness (QED) is 0.645.